The van der Waals surface area contributed by atoms with E-state index in [1.807, 2.05) is 0 Å². The van der Waals surface area contributed by atoms with Crippen LogP contribution < -0.4 is 5.32 Å². The number of carbonyl (C=O) groups is 3. The van der Waals surface area contributed by atoms with Crippen LogP contribution >= 0.6 is 23.2 Å². The standard InChI is InChI=1S/C21H21Cl2N3O5S/c1-3-17(20(28)24-2)25(11-13-8-9-15(22)16(23)10-13)19(27)12-26-21(29)14-6-4-5-7-18(14)32(26,30)31/h4-10,17H,3,11-12H2,1-2H3,(H,24,28)/t17-/m1/s1. The maximum absolute atomic E-state index is 13.3. The van der Waals surface area contributed by atoms with Crippen LogP contribution in [0.3, 0.4) is 0 Å². The molecule has 0 aliphatic carbocycles. The Morgan fingerprint density at radius 1 is 1.12 bits per heavy atom. The first-order valence-electron chi connectivity index (χ1n) is 9.72. The third-order valence-electron chi connectivity index (χ3n) is 5.16. The highest BCUT2D eigenvalue weighted by Gasteiger charge is 2.43. The van der Waals surface area contributed by atoms with Crippen molar-refractivity contribution in [3.63, 3.8) is 0 Å². The van der Waals surface area contributed by atoms with E-state index >= 15 is 0 Å². The lowest BCUT2D eigenvalue weighted by molar-refractivity contribution is -0.141. The van der Waals surface area contributed by atoms with E-state index in [2.05, 4.69) is 5.32 Å². The molecular weight excluding hydrogens is 477 g/mol. The molecule has 1 aliphatic rings. The van der Waals surface area contributed by atoms with Gasteiger partial charge < -0.3 is 10.2 Å². The summed E-state index contributed by atoms with van der Waals surface area (Å²) in [7, 11) is -2.73. The normalized spacial score (nSPS) is 15.2. The molecule has 1 aliphatic heterocycles. The monoisotopic (exact) mass is 497 g/mol. The number of likely N-dealkylation sites (N-methyl/N-ethyl adjacent to an activating group) is 1. The molecule has 0 fully saturated rings. The second kappa shape index (κ2) is 9.48. The molecule has 32 heavy (non-hydrogen) atoms. The Hall–Kier alpha value is -2.62. The first kappa shape index (κ1) is 24.0. The summed E-state index contributed by atoms with van der Waals surface area (Å²) in [6, 6.07) is 9.66. The van der Waals surface area contributed by atoms with Crippen molar-refractivity contribution in [3.8, 4) is 0 Å². The molecular formula is C21H21Cl2N3O5S. The first-order valence-corrected chi connectivity index (χ1v) is 11.9. The van der Waals surface area contributed by atoms with Crippen LogP contribution in [-0.2, 0) is 26.2 Å². The second-order valence-electron chi connectivity index (χ2n) is 7.12. The lowest BCUT2D eigenvalue weighted by Crippen LogP contribution is -2.51. The van der Waals surface area contributed by atoms with Crippen molar-refractivity contribution in [2.24, 2.45) is 0 Å². The Labute approximate surface area is 196 Å². The number of rotatable bonds is 7. The number of carbonyl (C=O) groups excluding carboxylic acids is 3. The smallest absolute Gasteiger partial charge is 0.269 e. The summed E-state index contributed by atoms with van der Waals surface area (Å²) in [5.41, 5.74) is 0.601. The van der Waals surface area contributed by atoms with E-state index in [1.165, 1.54) is 30.1 Å². The van der Waals surface area contributed by atoms with Crippen LogP contribution in [0.1, 0.15) is 29.3 Å². The van der Waals surface area contributed by atoms with Gasteiger partial charge >= 0.3 is 0 Å². The summed E-state index contributed by atoms with van der Waals surface area (Å²) in [5, 5.41) is 3.12. The molecule has 0 saturated carbocycles. The molecule has 1 N–H and O–H groups in total. The van der Waals surface area contributed by atoms with E-state index < -0.39 is 40.3 Å². The van der Waals surface area contributed by atoms with Gasteiger partial charge in [0.25, 0.3) is 15.9 Å². The van der Waals surface area contributed by atoms with Gasteiger partial charge in [0.2, 0.25) is 11.8 Å². The average Bonchev–Trinajstić information content (AvgIpc) is 2.96. The first-order chi connectivity index (χ1) is 15.1. The highest BCUT2D eigenvalue weighted by Crippen LogP contribution is 2.30. The maximum atomic E-state index is 13.3. The average molecular weight is 498 g/mol. The number of hydrogen-bond donors (Lipinski definition) is 1. The lowest BCUT2D eigenvalue weighted by atomic mass is 10.1. The van der Waals surface area contributed by atoms with E-state index in [9.17, 15) is 22.8 Å². The van der Waals surface area contributed by atoms with Gasteiger partial charge in [-0.05, 0) is 36.2 Å². The fraction of sp³-hybridized carbons (Fsp3) is 0.286. The number of nitrogens with one attached hydrogen (secondary N) is 1. The number of fused-ring (bicyclic) bond motifs is 1. The van der Waals surface area contributed by atoms with Gasteiger partial charge in [0.1, 0.15) is 17.5 Å². The van der Waals surface area contributed by atoms with Gasteiger partial charge in [-0.2, -0.15) is 0 Å². The van der Waals surface area contributed by atoms with Gasteiger partial charge in [-0.3, -0.25) is 14.4 Å². The Morgan fingerprint density at radius 2 is 1.81 bits per heavy atom. The highest BCUT2D eigenvalue weighted by atomic mass is 35.5. The van der Waals surface area contributed by atoms with Crippen molar-refractivity contribution in [2.45, 2.75) is 30.8 Å². The van der Waals surface area contributed by atoms with Crippen LogP contribution in [0.5, 0.6) is 0 Å². The summed E-state index contributed by atoms with van der Waals surface area (Å²) in [6.07, 6.45) is 0.271. The maximum Gasteiger partial charge on any atom is 0.269 e. The molecule has 1 heterocycles. The molecule has 0 unspecified atom stereocenters. The highest BCUT2D eigenvalue weighted by molar-refractivity contribution is 7.90. The van der Waals surface area contributed by atoms with E-state index in [1.54, 1.807) is 31.2 Å². The van der Waals surface area contributed by atoms with Gasteiger partial charge in [-0.25, -0.2) is 12.7 Å². The van der Waals surface area contributed by atoms with Crippen molar-refractivity contribution in [2.75, 3.05) is 13.6 Å². The predicted molar refractivity (Wildman–Crippen MR) is 120 cm³/mol. The Kier molecular flexibility index (Phi) is 7.12. The second-order valence-corrected chi connectivity index (χ2v) is 9.77. The third-order valence-corrected chi connectivity index (χ3v) is 7.69. The number of nitrogens with zero attached hydrogens (tertiary/aromatic N) is 2. The van der Waals surface area contributed by atoms with Crippen molar-refractivity contribution in [1.29, 1.82) is 0 Å². The Balaban J connectivity index is 1.94. The molecule has 3 amide bonds. The summed E-state index contributed by atoms with van der Waals surface area (Å²) in [6.45, 7) is 0.962. The SMILES string of the molecule is CC[C@H](C(=O)NC)N(Cc1ccc(Cl)c(Cl)c1)C(=O)CN1C(=O)c2ccccc2S1(=O)=O. The molecule has 2 aromatic rings. The molecule has 11 heteroatoms. The van der Waals surface area contributed by atoms with Crippen LogP contribution in [0.4, 0.5) is 0 Å². The zero-order chi connectivity index (χ0) is 23.6. The van der Waals surface area contributed by atoms with Crippen molar-refractivity contribution in [1.82, 2.24) is 14.5 Å². The number of halogens is 2. The summed E-state index contributed by atoms with van der Waals surface area (Å²) in [5.74, 6) is -1.90. The number of benzene rings is 2. The molecule has 0 bridgehead atoms. The predicted octanol–water partition coefficient (Wildman–Crippen LogP) is 2.69. The van der Waals surface area contributed by atoms with Gasteiger partial charge in [0.15, 0.2) is 0 Å². The van der Waals surface area contributed by atoms with Crippen LogP contribution in [0.25, 0.3) is 0 Å². The largest absolute Gasteiger partial charge is 0.357 e. The van der Waals surface area contributed by atoms with Crippen LogP contribution in [0.2, 0.25) is 10.0 Å². The third kappa shape index (κ3) is 4.46. The van der Waals surface area contributed by atoms with Crippen molar-refractivity contribution in [3.05, 3.63) is 63.6 Å². The lowest BCUT2D eigenvalue weighted by Gasteiger charge is -2.31. The Morgan fingerprint density at radius 3 is 2.41 bits per heavy atom. The van der Waals surface area contributed by atoms with Gasteiger partial charge in [-0.1, -0.05) is 48.3 Å². The molecule has 3 rings (SSSR count). The summed E-state index contributed by atoms with van der Waals surface area (Å²) in [4.78, 5) is 39.5. The molecule has 2 aromatic carbocycles. The summed E-state index contributed by atoms with van der Waals surface area (Å²) >= 11 is 12.0. The Bertz CT molecular complexity index is 1190. The van der Waals surface area contributed by atoms with Gasteiger partial charge in [-0.15, -0.1) is 0 Å². The number of amides is 3. The minimum absolute atomic E-state index is 0.00896. The molecule has 0 saturated heterocycles. The van der Waals surface area contributed by atoms with Gasteiger partial charge in [0, 0.05) is 13.6 Å². The minimum Gasteiger partial charge on any atom is -0.357 e. The zero-order valence-electron chi connectivity index (χ0n) is 17.3. The quantitative estimate of drug-likeness (QED) is 0.633. The van der Waals surface area contributed by atoms with Crippen molar-refractivity contribution < 1.29 is 22.8 Å². The van der Waals surface area contributed by atoms with Crippen molar-refractivity contribution >= 4 is 50.9 Å². The van der Waals surface area contributed by atoms with Crippen LogP contribution in [0, 0.1) is 0 Å². The molecule has 0 radical (unpaired) electrons. The van der Waals surface area contributed by atoms with E-state index in [0.717, 1.165) is 0 Å². The van der Waals surface area contributed by atoms with E-state index in [-0.39, 0.29) is 28.4 Å². The zero-order valence-corrected chi connectivity index (χ0v) is 19.7. The summed E-state index contributed by atoms with van der Waals surface area (Å²) < 4.78 is 26.2. The fourth-order valence-electron chi connectivity index (χ4n) is 3.52. The molecule has 8 nitrogen and oxygen atoms in total. The van der Waals surface area contributed by atoms with Crippen LogP contribution in [-0.4, -0.2) is 55.0 Å². The minimum atomic E-state index is -4.17. The topological polar surface area (TPSA) is 104 Å². The molecule has 170 valence electrons. The number of sulfonamides is 1. The molecule has 0 spiro atoms. The number of hydrogen-bond acceptors (Lipinski definition) is 5. The van der Waals surface area contributed by atoms with E-state index in [0.29, 0.717) is 14.9 Å². The fourth-order valence-corrected chi connectivity index (χ4v) is 5.36. The molecule has 0 aromatic heterocycles. The van der Waals surface area contributed by atoms with E-state index in [4.69, 9.17) is 23.2 Å². The van der Waals surface area contributed by atoms with Crippen LogP contribution in [0.15, 0.2) is 47.4 Å². The molecule has 1 atom stereocenters. The van der Waals surface area contributed by atoms with Gasteiger partial charge in [0.05, 0.1) is 15.6 Å².